The van der Waals surface area contributed by atoms with Gasteiger partial charge in [-0.05, 0) is 25.0 Å². The van der Waals surface area contributed by atoms with E-state index in [0.717, 1.165) is 31.6 Å². The Balaban J connectivity index is 2.07. The lowest BCUT2D eigenvalue weighted by Crippen LogP contribution is -2.37. The van der Waals surface area contributed by atoms with Gasteiger partial charge < -0.3 is 15.5 Å². The Bertz CT molecular complexity index is 424. The van der Waals surface area contributed by atoms with Crippen molar-refractivity contribution in [2.75, 3.05) is 37.3 Å². The van der Waals surface area contributed by atoms with Crippen LogP contribution in [-0.2, 0) is 4.79 Å². The van der Waals surface area contributed by atoms with E-state index in [4.69, 9.17) is 17.3 Å². The Morgan fingerprint density at radius 3 is 2.72 bits per heavy atom. The van der Waals surface area contributed by atoms with Gasteiger partial charge in [0.15, 0.2) is 0 Å². The van der Waals surface area contributed by atoms with Crippen molar-refractivity contribution < 1.29 is 4.79 Å². The summed E-state index contributed by atoms with van der Waals surface area (Å²) in [7, 11) is 1.84. The van der Waals surface area contributed by atoms with Crippen LogP contribution in [0.4, 0.5) is 11.4 Å². The molecule has 1 fully saturated rings. The minimum Gasteiger partial charge on any atom is -0.397 e. The monoisotopic (exact) mass is 267 g/mol. The molecule has 2 rings (SSSR count). The molecule has 0 saturated carbocycles. The molecule has 0 radical (unpaired) electrons. The maximum atomic E-state index is 12.1. The first-order valence-electron chi connectivity index (χ1n) is 6.12. The van der Waals surface area contributed by atoms with Gasteiger partial charge in [0.2, 0.25) is 5.91 Å². The maximum Gasteiger partial charge on any atom is 0.242 e. The normalized spacial score (nSPS) is 14.9. The summed E-state index contributed by atoms with van der Waals surface area (Å²) in [4.78, 5) is 15.8. The van der Waals surface area contributed by atoms with Crippen molar-refractivity contribution >= 4 is 28.9 Å². The lowest BCUT2D eigenvalue weighted by atomic mass is 10.2. The SMILES string of the molecule is CN(CC(=O)N1CCCC1)c1c(N)cccc1Cl. The predicted molar refractivity (Wildman–Crippen MR) is 74.9 cm³/mol. The summed E-state index contributed by atoms with van der Waals surface area (Å²) in [6.45, 7) is 2.04. The molecule has 1 aromatic rings. The van der Waals surface area contributed by atoms with Gasteiger partial charge in [0.05, 0.1) is 22.9 Å². The number of nitrogen functional groups attached to an aromatic ring is 1. The fourth-order valence-corrected chi connectivity index (χ4v) is 2.61. The molecule has 2 N–H and O–H groups in total. The van der Waals surface area contributed by atoms with E-state index in [1.54, 1.807) is 18.2 Å². The molecule has 4 nitrogen and oxygen atoms in total. The Morgan fingerprint density at radius 2 is 2.11 bits per heavy atom. The quantitative estimate of drug-likeness (QED) is 0.852. The maximum absolute atomic E-state index is 12.1. The number of likely N-dealkylation sites (tertiary alicyclic amines) is 1. The zero-order chi connectivity index (χ0) is 13.1. The van der Waals surface area contributed by atoms with Crippen LogP contribution in [0.2, 0.25) is 5.02 Å². The third kappa shape index (κ3) is 2.70. The summed E-state index contributed by atoms with van der Waals surface area (Å²) in [5, 5.41) is 0.576. The molecule has 1 saturated heterocycles. The van der Waals surface area contributed by atoms with E-state index in [0.29, 0.717) is 17.3 Å². The van der Waals surface area contributed by atoms with Gasteiger partial charge in [0.25, 0.3) is 0 Å². The number of hydrogen-bond donors (Lipinski definition) is 1. The number of anilines is 2. The minimum absolute atomic E-state index is 0.134. The second kappa shape index (κ2) is 5.48. The van der Waals surface area contributed by atoms with Gasteiger partial charge in [0.1, 0.15) is 0 Å². The molecular formula is C13H18ClN3O. The first kappa shape index (κ1) is 13.0. The Kier molecular flexibility index (Phi) is 3.97. The molecule has 18 heavy (non-hydrogen) atoms. The van der Waals surface area contributed by atoms with Crippen LogP contribution < -0.4 is 10.6 Å². The van der Waals surface area contributed by atoms with Crippen molar-refractivity contribution in [3.8, 4) is 0 Å². The highest BCUT2D eigenvalue weighted by Gasteiger charge is 2.20. The van der Waals surface area contributed by atoms with E-state index < -0.39 is 0 Å². The molecule has 1 aliphatic rings. The van der Waals surface area contributed by atoms with Crippen LogP contribution in [0.3, 0.4) is 0 Å². The molecule has 0 atom stereocenters. The van der Waals surface area contributed by atoms with Crippen LogP contribution in [0.15, 0.2) is 18.2 Å². The van der Waals surface area contributed by atoms with Gasteiger partial charge in [0, 0.05) is 20.1 Å². The first-order valence-corrected chi connectivity index (χ1v) is 6.50. The number of amides is 1. The van der Waals surface area contributed by atoms with E-state index in [2.05, 4.69) is 0 Å². The third-order valence-electron chi connectivity index (χ3n) is 3.23. The highest BCUT2D eigenvalue weighted by atomic mass is 35.5. The largest absolute Gasteiger partial charge is 0.397 e. The molecule has 1 aromatic carbocycles. The number of carbonyl (C=O) groups is 1. The standard InChI is InChI=1S/C13H18ClN3O/c1-16(9-12(18)17-7-2-3-8-17)13-10(14)5-4-6-11(13)15/h4-6H,2-3,7-9,15H2,1H3. The second-order valence-corrected chi connectivity index (χ2v) is 5.03. The summed E-state index contributed by atoms with van der Waals surface area (Å²) in [5.74, 6) is 0.134. The number of carbonyl (C=O) groups excluding carboxylic acids is 1. The summed E-state index contributed by atoms with van der Waals surface area (Å²) in [6.07, 6.45) is 2.20. The third-order valence-corrected chi connectivity index (χ3v) is 3.54. The van der Waals surface area contributed by atoms with E-state index in [9.17, 15) is 4.79 Å². The van der Waals surface area contributed by atoms with Crippen LogP contribution in [-0.4, -0.2) is 37.5 Å². The molecule has 0 unspecified atom stereocenters. The molecule has 0 spiro atoms. The van der Waals surface area contributed by atoms with Crippen molar-refractivity contribution in [1.29, 1.82) is 0 Å². The summed E-state index contributed by atoms with van der Waals surface area (Å²) >= 11 is 6.12. The highest BCUT2D eigenvalue weighted by Crippen LogP contribution is 2.30. The van der Waals surface area contributed by atoms with Crippen LogP contribution >= 0.6 is 11.6 Å². The smallest absolute Gasteiger partial charge is 0.242 e. The average Bonchev–Trinajstić information content (AvgIpc) is 2.81. The van der Waals surface area contributed by atoms with Crippen LogP contribution in [0.5, 0.6) is 0 Å². The first-order chi connectivity index (χ1) is 8.59. The van der Waals surface area contributed by atoms with Crippen molar-refractivity contribution in [2.45, 2.75) is 12.8 Å². The molecule has 98 valence electrons. The number of likely N-dealkylation sites (N-methyl/N-ethyl adjacent to an activating group) is 1. The summed E-state index contributed by atoms with van der Waals surface area (Å²) < 4.78 is 0. The van der Waals surface area contributed by atoms with Gasteiger partial charge in [-0.2, -0.15) is 0 Å². The van der Waals surface area contributed by atoms with Crippen molar-refractivity contribution in [2.24, 2.45) is 0 Å². The summed E-state index contributed by atoms with van der Waals surface area (Å²) in [6, 6.07) is 5.37. The molecule has 0 aromatic heterocycles. The minimum atomic E-state index is 0.134. The van der Waals surface area contributed by atoms with E-state index in [1.165, 1.54) is 0 Å². The van der Waals surface area contributed by atoms with E-state index >= 15 is 0 Å². The van der Waals surface area contributed by atoms with Gasteiger partial charge in [-0.25, -0.2) is 0 Å². The van der Waals surface area contributed by atoms with Crippen molar-refractivity contribution in [1.82, 2.24) is 4.90 Å². The van der Waals surface area contributed by atoms with Crippen molar-refractivity contribution in [3.63, 3.8) is 0 Å². The predicted octanol–water partition coefficient (Wildman–Crippen LogP) is 1.98. The number of hydrogen-bond acceptors (Lipinski definition) is 3. The van der Waals surface area contributed by atoms with Crippen LogP contribution in [0.1, 0.15) is 12.8 Å². The zero-order valence-corrected chi connectivity index (χ0v) is 11.3. The number of para-hydroxylation sites is 1. The highest BCUT2D eigenvalue weighted by molar-refractivity contribution is 6.34. The van der Waals surface area contributed by atoms with Gasteiger partial charge in [-0.15, -0.1) is 0 Å². The number of nitrogens with zero attached hydrogens (tertiary/aromatic N) is 2. The average molecular weight is 268 g/mol. The Morgan fingerprint density at radius 1 is 1.44 bits per heavy atom. The summed E-state index contributed by atoms with van der Waals surface area (Å²) in [5.41, 5.74) is 7.23. The second-order valence-electron chi connectivity index (χ2n) is 4.62. The van der Waals surface area contributed by atoms with E-state index in [1.807, 2.05) is 16.8 Å². The molecule has 0 bridgehead atoms. The Hall–Kier alpha value is -1.42. The number of benzene rings is 1. The fraction of sp³-hybridized carbons (Fsp3) is 0.462. The molecule has 1 amide bonds. The van der Waals surface area contributed by atoms with Crippen molar-refractivity contribution in [3.05, 3.63) is 23.2 Å². The van der Waals surface area contributed by atoms with E-state index in [-0.39, 0.29) is 5.91 Å². The lowest BCUT2D eigenvalue weighted by Gasteiger charge is -2.24. The molecule has 0 aliphatic carbocycles. The topological polar surface area (TPSA) is 49.6 Å². The Labute approximate surface area is 112 Å². The molecule has 1 heterocycles. The molecule has 1 aliphatic heterocycles. The molecule has 5 heteroatoms. The fourth-order valence-electron chi connectivity index (χ4n) is 2.28. The van der Waals surface area contributed by atoms with Crippen LogP contribution in [0.25, 0.3) is 0 Å². The van der Waals surface area contributed by atoms with Gasteiger partial charge in [-0.3, -0.25) is 4.79 Å². The zero-order valence-electron chi connectivity index (χ0n) is 10.5. The number of nitrogens with two attached hydrogens (primary N) is 1. The lowest BCUT2D eigenvalue weighted by molar-refractivity contribution is -0.128. The van der Waals surface area contributed by atoms with Crippen LogP contribution in [0, 0.1) is 0 Å². The number of halogens is 1. The number of rotatable bonds is 3. The van der Waals surface area contributed by atoms with Gasteiger partial charge in [-0.1, -0.05) is 17.7 Å². The molecular weight excluding hydrogens is 250 g/mol. The van der Waals surface area contributed by atoms with Gasteiger partial charge >= 0.3 is 0 Å².